The van der Waals surface area contributed by atoms with Gasteiger partial charge in [-0.15, -0.1) is 12.6 Å². The van der Waals surface area contributed by atoms with Crippen LogP contribution in [0.5, 0.6) is 0 Å². The molecule has 7 heavy (non-hydrogen) atoms. The first-order chi connectivity index (χ1) is 3.13. The number of aliphatic hydroxyl groups excluding tert-OH is 1. The lowest BCUT2D eigenvalue weighted by atomic mass is 10.6. The van der Waals surface area contributed by atoms with Crippen molar-refractivity contribution >= 4 is 12.6 Å². The molecule has 0 saturated carbocycles. The standard InChI is InChI=1S/C4H11NOS/c1-5(2)3-4(6)7/h4,6-7H,3H2,1-2H3. The summed E-state index contributed by atoms with van der Waals surface area (Å²) in [5.41, 5.74) is -0.505. The third-order valence-electron chi connectivity index (χ3n) is 0.528. The first-order valence-corrected chi connectivity index (χ1v) is 2.65. The molecule has 0 aliphatic heterocycles. The van der Waals surface area contributed by atoms with Gasteiger partial charge < -0.3 is 10.0 Å². The number of hydrogen-bond acceptors (Lipinski definition) is 3. The first-order valence-electron chi connectivity index (χ1n) is 2.14. The fourth-order valence-corrected chi connectivity index (χ4v) is 0.653. The van der Waals surface area contributed by atoms with E-state index in [9.17, 15) is 0 Å². The van der Waals surface area contributed by atoms with Gasteiger partial charge in [-0.1, -0.05) is 0 Å². The molecule has 0 aliphatic carbocycles. The van der Waals surface area contributed by atoms with Crippen molar-refractivity contribution in [3.05, 3.63) is 0 Å². The summed E-state index contributed by atoms with van der Waals surface area (Å²) in [5, 5.41) is 8.55. The van der Waals surface area contributed by atoms with Crippen LogP contribution < -0.4 is 0 Å². The highest BCUT2D eigenvalue weighted by Crippen LogP contribution is 1.87. The Morgan fingerprint density at radius 2 is 2.14 bits per heavy atom. The quantitative estimate of drug-likeness (QED) is 0.390. The van der Waals surface area contributed by atoms with Crippen LogP contribution in [0.1, 0.15) is 0 Å². The third kappa shape index (κ3) is 6.27. The van der Waals surface area contributed by atoms with Gasteiger partial charge in [-0.2, -0.15) is 0 Å². The van der Waals surface area contributed by atoms with Crippen molar-refractivity contribution in [2.24, 2.45) is 0 Å². The minimum atomic E-state index is -0.505. The maximum absolute atomic E-state index is 8.55. The van der Waals surface area contributed by atoms with Crippen LogP contribution in [0.2, 0.25) is 0 Å². The number of aliphatic hydroxyl groups is 1. The van der Waals surface area contributed by atoms with E-state index in [0.29, 0.717) is 6.54 Å². The van der Waals surface area contributed by atoms with Gasteiger partial charge in [0.25, 0.3) is 0 Å². The Morgan fingerprint density at radius 1 is 1.71 bits per heavy atom. The monoisotopic (exact) mass is 121 g/mol. The fourth-order valence-electron chi connectivity index (χ4n) is 0.327. The Bertz CT molecular complexity index is 41.0. The van der Waals surface area contributed by atoms with Crippen molar-refractivity contribution in [1.82, 2.24) is 4.90 Å². The first kappa shape index (κ1) is 7.27. The highest BCUT2D eigenvalue weighted by Gasteiger charge is 1.94. The van der Waals surface area contributed by atoms with Crippen LogP contribution in [-0.2, 0) is 0 Å². The lowest BCUT2D eigenvalue weighted by Crippen LogP contribution is -2.21. The van der Waals surface area contributed by atoms with Crippen LogP contribution in [0.4, 0.5) is 0 Å². The SMILES string of the molecule is CN(C)CC(O)S. The average molecular weight is 121 g/mol. The highest BCUT2D eigenvalue weighted by molar-refractivity contribution is 7.80. The molecule has 3 heteroatoms. The molecule has 0 fully saturated rings. The Labute approximate surface area is 49.5 Å². The van der Waals surface area contributed by atoms with Crippen LogP contribution in [0.25, 0.3) is 0 Å². The maximum Gasteiger partial charge on any atom is 0.109 e. The highest BCUT2D eigenvalue weighted by atomic mass is 32.1. The molecule has 0 aromatic heterocycles. The lowest BCUT2D eigenvalue weighted by Gasteiger charge is -2.09. The van der Waals surface area contributed by atoms with Crippen LogP contribution >= 0.6 is 12.6 Å². The van der Waals surface area contributed by atoms with Crippen molar-refractivity contribution in [3.8, 4) is 0 Å². The summed E-state index contributed by atoms with van der Waals surface area (Å²) in [6.45, 7) is 0.614. The van der Waals surface area contributed by atoms with Gasteiger partial charge in [0.1, 0.15) is 5.44 Å². The maximum atomic E-state index is 8.55. The lowest BCUT2D eigenvalue weighted by molar-refractivity contribution is 0.214. The summed E-state index contributed by atoms with van der Waals surface area (Å²) in [7, 11) is 3.78. The summed E-state index contributed by atoms with van der Waals surface area (Å²) >= 11 is 3.75. The molecule has 2 nitrogen and oxygen atoms in total. The van der Waals surface area contributed by atoms with Gasteiger partial charge in [0, 0.05) is 6.54 Å². The molecule has 0 saturated heterocycles. The van der Waals surface area contributed by atoms with Crippen molar-refractivity contribution in [1.29, 1.82) is 0 Å². The van der Waals surface area contributed by atoms with Crippen LogP contribution in [0, 0.1) is 0 Å². The van der Waals surface area contributed by atoms with E-state index >= 15 is 0 Å². The molecule has 0 amide bonds. The molecule has 1 N–H and O–H groups in total. The Morgan fingerprint density at radius 3 is 2.14 bits per heavy atom. The Kier molecular flexibility index (Phi) is 3.42. The minimum absolute atomic E-state index is 0.505. The second kappa shape index (κ2) is 3.29. The molecular weight excluding hydrogens is 110 g/mol. The van der Waals surface area contributed by atoms with Gasteiger partial charge in [0.05, 0.1) is 0 Å². The predicted molar refractivity (Wildman–Crippen MR) is 33.5 cm³/mol. The smallest absolute Gasteiger partial charge is 0.109 e. The molecular formula is C4H11NOS. The molecule has 0 heterocycles. The van der Waals surface area contributed by atoms with Gasteiger partial charge >= 0.3 is 0 Å². The van der Waals surface area contributed by atoms with Gasteiger partial charge in [0.15, 0.2) is 0 Å². The zero-order chi connectivity index (χ0) is 5.86. The van der Waals surface area contributed by atoms with E-state index in [2.05, 4.69) is 12.6 Å². The van der Waals surface area contributed by atoms with Crippen LogP contribution in [-0.4, -0.2) is 36.1 Å². The van der Waals surface area contributed by atoms with E-state index in [-0.39, 0.29) is 0 Å². The topological polar surface area (TPSA) is 23.5 Å². The average Bonchev–Trinajstić information content (AvgIpc) is 1.27. The summed E-state index contributed by atoms with van der Waals surface area (Å²) in [6.07, 6.45) is 0. The van der Waals surface area contributed by atoms with Gasteiger partial charge in [-0.05, 0) is 14.1 Å². The van der Waals surface area contributed by atoms with Gasteiger partial charge in [-0.25, -0.2) is 0 Å². The second-order valence-electron chi connectivity index (χ2n) is 1.74. The van der Waals surface area contributed by atoms with Crippen molar-refractivity contribution in [3.63, 3.8) is 0 Å². The Hall–Kier alpha value is 0.270. The van der Waals surface area contributed by atoms with Gasteiger partial charge in [0.2, 0.25) is 0 Å². The predicted octanol–water partition coefficient (Wildman–Crippen LogP) is -0.204. The third-order valence-corrected chi connectivity index (χ3v) is 0.692. The van der Waals surface area contributed by atoms with E-state index in [4.69, 9.17) is 5.11 Å². The Balaban J connectivity index is 2.95. The van der Waals surface area contributed by atoms with Crippen molar-refractivity contribution in [2.45, 2.75) is 5.44 Å². The van der Waals surface area contributed by atoms with Gasteiger partial charge in [-0.3, -0.25) is 0 Å². The molecule has 0 aromatic carbocycles. The van der Waals surface area contributed by atoms with E-state index < -0.39 is 5.44 Å². The number of rotatable bonds is 2. The molecule has 1 atom stereocenters. The van der Waals surface area contributed by atoms with E-state index in [1.165, 1.54) is 0 Å². The van der Waals surface area contributed by atoms with E-state index in [0.717, 1.165) is 0 Å². The van der Waals surface area contributed by atoms with Crippen molar-refractivity contribution < 1.29 is 5.11 Å². The molecule has 0 rings (SSSR count). The molecule has 44 valence electrons. The fraction of sp³-hybridized carbons (Fsp3) is 1.00. The zero-order valence-corrected chi connectivity index (χ0v) is 5.52. The minimum Gasteiger partial charge on any atom is -0.381 e. The normalized spacial score (nSPS) is 15.0. The van der Waals surface area contributed by atoms with E-state index in [1.807, 2.05) is 19.0 Å². The van der Waals surface area contributed by atoms with Crippen molar-refractivity contribution in [2.75, 3.05) is 20.6 Å². The summed E-state index contributed by atoms with van der Waals surface area (Å²) < 4.78 is 0. The van der Waals surface area contributed by atoms with Crippen LogP contribution in [0.15, 0.2) is 0 Å². The van der Waals surface area contributed by atoms with Crippen LogP contribution in [0.3, 0.4) is 0 Å². The summed E-state index contributed by atoms with van der Waals surface area (Å²) in [5.74, 6) is 0. The number of thiol groups is 1. The molecule has 0 aliphatic rings. The number of nitrogens with zero attached hydrogens (tertiary/aromatic N) is 1. The van der Waals surface area contributed by atoms with E-state index in [1.54, 1.807) is 0 Å². The molecule has 0 spiro atoms. The zero-order valence-electron chi connectivity index (χ0n) is 4.63. The molecule has 0 aromatic rings. The summed E-state index contributed by atoms with van der Waals surface area (Å²) in [6, 6.07) is 0. The molecule has 0 radical (unpaired) electrons. The molecule has 0 bridgehead atoms. The summed E-state index contributed by atoms with van der Waals surface area (Å²) in [4.78, 5) is 1.87. The number of hydrogen-bond donors (Lipinski definition) is 2. The molecule has 1 unspecified atom stereocenters. The largest absolute Gasteiger partial charge is 0.381 e. The second-order valence-corrected chi connectivity index (χ2v) is 2.34. The number of likely N-dealkylation sites (N-methyl/N-ethyl adjacent to an activating group) is 1.